The van der Waals surface area contributed by atoms with E-state index in [9.17, 15) is 9.59 Å². The molecule has 28 heavy (non-hydrogen) atoms. The highest BCUT2D eigenvalue weighted by Gasteiger charge is 2.17. The third kappa shape index (κ3) is 4.14. The molecule has 0 radical (unpaired) electrons. The van der Waals surface area contributed by atoms with Crippen molar-refractivity contribution in [2.75, 3.05) is 5.32 Å². The van der Waals surface area contributed by atoms with Gasteiger partial charge in [0.15, 0.2) is 6.61 Å². The minimum atomic E-state index is -0.473. The number of nitrogens with one attached hydrogen (secondary N) is 2. The Balaban J connectivity index is 1.33. The maximum Gasteiger partial charge on any atom is 0.316 e. The van der Waals surface area contributed by atoms with Gasteiger partial charge in [-0.15, -0.1) is 0 Å². The lowest BCUT2D eigenvalue weighted by Crippen LogP contribution is -2.23. The van der Waals surface area contributed by atoms with Crippen molar-refractivity contribution in [3.63, 3.8) is 0 Å². The van der Waals surface area contributed by atoms with Gasteiger partial charge in [0.25, 0.3) is 0 Å². The number of ether oxygens (including phenoxy) is 1. The Morgan fingerprint density at radius 1 is 1.29 bits per heavy atom. The molecule has 142 valence electrons. The molecule has 9 nitrogen and oxygen atoms in total. The van der Waals surface area contributed by atoms with E-state index in [4.69, 9.17) is 9.26 Å². The molecule has 1 aromatic carbocycles. The molecule has 0 unspecified atom stereocenters. The van der Waals surface area contributed by atoms with Crippen molar-refractivity contribution in [1.82, 2.24) is 20.4 Å². The van der Waals surface area contributed by atoms with Crippen LogP contribution in [0.2, 0.25) is 0 Å². The Morgan fingerprint density at radius 2 is 2.21 bits per heavy atom. The number of carbonyl (C=O) groups excluding carboxylic acids is 2. The van der Waals surface area contributed by atoms with Gasteiger partial charge in [0.2, 0.25) is 11.7 Å². The molecular formula is C19H17N5O4. The van der Waals surface area contributed by atoms with Gasteiger partial charge in [-0.25, -0.2) is 0 Å². The van der Waals surface area contributed by atoms with Crippen molar-refractivity contribution >= 4 is 17.5 Å². The van der Waals surface area contributed by atoms with Crippen molar-refractivity contribution in [3.05, 3.63) is 65.6 Å². The zero-order valence-corrected chi connectivity index (χ0v) is 14.8. The standard InChI is InChI=1S/C19H17N5O4/c25-17-6-4-13-3-5-14(8-15(13)22-17)27-11-16-23-19(28-24-16)18(26)21-10-12-2-1-7-20-9-12/h1-3,5,7-9H,4,6,10-11H2,(H,21,26)(H,22,25). The van der Waals surface area contributed by atoms with Crippen molar-refractivity contribution in [2.24, 2.45) is 0 Å². The summed E-state index contributed by atoms with van der Waals surface area (Å²) in [6.45, 7) is 0.341. The quantitative estimate of drug-likeness (QED) is 0.671. The van der Waals surface area contributed by atoms with Crippen LogP contribution < -0.4 is 15.4 Å². The molecule has 2 amide bonds. The SMILES string of the molecule is O=C1CCc2ccc(OCc3noc(C(=O)NCc4cccnc4)n3)cc2N1. The molecule has 0 atom stereocenters. The van der Waals surface area contributed by atoms with Gasteiger partial charge in [-0.05, 0) is 29.7 Å². The molecular weight excluding hydrogens is 362 g/mol. The fourth-order valence-electron chi connectivity index (χ4n) is 2.75. The second kappa shape index (κ2) is 7.87. The first kappa shape index (κ1) is 17.7. The van der Waals surface area contributed by atoms with Crippen LogP contribution in [0.3, 0.4) is 0 Å². The molecule has 0 spiro atoms. The van der Waals surface area contributed by atoms with Crippen molar-refractivity contribution < 1.29 is 18.8 Å². The van der Waals surface area contributed by atoms with Crippen LogP contribution in [0.1, 0.15) is 34.1 Å². The Labute approximate surface area is 160 Å². The summed E-state index contributed by atoms with van der Waals surface area (Å²) in [5, 5.41) is 9.26. The normalized spacial score (nSPS) is 12.8. The molecule has 1 aliphatic heterocycles. The number of nitrogens with zero attached hydrogens (tertiary/aromatic N) is 3. The van der Waals surface area contributed by atoms with E-state index >= 15 is 0 Å². The van der Waals surface area contributed by atoms with Gasteiger partial charge < -0.3 is 19.9 Å². The molecule has 0 saturated heterocycles. The molecule has 0 aliphatic carbocycles. The predicted octanol–water partition coefficient (Wildman–Crippen LogP) is 1.86. The summed E-state index contributed by atoms with van der Waals surface area (Å²) in [5.74, 6) is 0.186. The van der Waals surface area contributed by atoms with Crippen LogP contribution >= 0.6 is 0 Å². The second-order valence-electron chi connectivity index (χ2n) is 6.22. The number of rotatable bonds is 6. The van der Waals surface area contributed by atoms with Gasteiger partial charge in [0, 0.05) is 37.1 Å². The van der Waals surface area contributed by atoms with Crippen molar-refractivity contribution in [3.8, 4) is 5.75 Å². The lowest BCUT2D eigenvalue weighted by molar-refractivity contribution is -0.116. The highest BCUT2D eigenvalue weighted by atomic mass is 16.5. The molecule has 9 heteroatoms. The van der Waals surface area contributed by atoms with Gasteiger partial charge in [-0.1, -0.05) is 17.3 Å². The van der Waals surface area contributed by atoms with Crippen molar-refractivity contribution in [1.29, 1.82) is 0 Å². The highest BCUT2D eigenvalue weighted by Crippen LogP contribution is 2.27. The minimum absolute atomic E-state index is 0.00949. The molecule has 4 rings (SSSR count). The summed E-state index contributed by atoms with van der Waals surface area (Å²) < 4.78 is 10.6. The molecule has 0 fully saturated rings. The summed E-state index contributed by atoms with van der Waals surface area (Å²) in [6, 6.07) is 9.13. The van der Waals surface area contributed by atoms with Crippen LogP contribution in [0.4, 0.5) is 5.69 Å². The largest absolute Gasteiger partial charge is 0.485 e. The van der Waals surface area contributed by atoms with Crippen LogP contribution in [-0.2, 0) is 24.4 Å². The number of carbonyl (C=O) groups is 2. The lowest BCUT2D eigenvalue weighted by Gasteiger charge is -2.17. The zero-order chi connectivity index (χ0) is 19.3. The number of hydrogen-bond donors (Lipinski definition) is 2. The third-order valence-electron chi connectivity index (χ3n) is 4.18. The number of pyridine rings is 1. The smallest absolute Gasteiger partial charge is 0.316 e. The van der Waals surface area contributed by atoms with E-state index in [2.05, 4.69) is 25.8 Å². The summed E-state index contributed by atoms with van der Waals surface area (Å²) >= 11 is 0. The summed E-state index contributed by atoms with van der Waals surface area (Å²) in [4.78, 5) is 31.6. The first-order valence-corrected chi connectivity index (χ1v) is 8.72. The molecule has 0 saturated carbocycles. The summed E-state index contributed by atoms with van der Waals surface area (Å²) in [7, 11) is 0. The van der Waals surface area contributed by atoms with Gasteiger partial charge in [0.1, 0.15) is 5.75 Å². The molecule has 2 aromatic heterocycles. The fraction of sp³-hybridized carbons (Fsp3) is 0.211. The molecule has 2 N–H and O–H groups in total. The number of aryl methyl sites for hydroxylation is 1. The van der Waals surface area contributed by atoms with Gasteiger partial charge in [-0.2, -0.15) is 4.98 Å². The maximum atomic E-state index is 12.1. The number of anilines is 1. The molecule has 3 aromatic rings. The zero-order valence-electron chi connectivity index (χ0n) is 14.8. The molecule has 3 heterocycles. The average molecular weight is 379 g/mol. The monoisotopic (exact) mass is 379 g/mol. The number of hydrogen-bond acceptors (Lipinski definition) is 7. The topological polar surface area (TPSA) is 119 Å². The van der Waals surface area contributed by atoms with E-state index in [1.807, 2.05) is 18.2 Å². The second-order valence-corrected chi connectivity index (χ2v) is 6.22. The molecule has 0 bridgehead atoms. The number of benzene rings is 1. The number of aromatic nitrogens is 3. The van der Waals surface area contributed by atoms with Gasteiger partial charge in [0.05, 0.1) is 0 Å². The van der Waals surface area contributed by atoms with E-state index in [1.54, 1.807) is 24.5 Å². The summed E-state index contributed by atoms with van der Waals surface area (Å²) in [5.41, 5.74) is 2.68. The Hall–Kier alpha value is -3.75. The van der Waals surface area contributed by atoms with Crippen LogP contribution in [0.5, 0.6) is 5.75 Å². The van der Waals surface area contributed by atoms with Crippen molar-refractivity contribution in [2.45, 2.75) is 26.0 Å². The number of amides is 2. The number of fused-ring (bicyclic) bond motifs is 1. The Morgan fingerprint density at radius 3 is 3.07 bits per heavy atom. The fourth-order valence-corrected chi connectivity index (χ4v) is 2.75. The van der Waals surface area contributed by atoms with Gasteiger partial charge >= 0.3 is 11.8 Å². The van der Waals surface area contributed by atoms with Crippen LogP contribution in [0, 0.1) is 0 Å². The van der Waals surface area contributed by atoms with E-state index in [0.717, 1.165) is 16.8 Å². The van der Waals surface area contributed by atoms with E-state index in [-0.39, 0.29) is 24.2 Å². The highest BCUT2D eigenvalue weighted by molar-refractivity contribution is 5.94. The average Bonchev–Trinajstić information content (AvgIpc) is 3.20. The Bertz CT molecular complexity index is 1000. The Kier molecular flexibility index (Phi) is 4.96. The minimum Gasteiger partial charge on any atom is -0.485 e. The first-order chi connectivity index (χ1) is 13.7. The van der Waals surface area contributed by atoms with Crippen LogP contribution in [0.25, 0.3) is 0 Å². The predicted molar refractivity (Wildman–Crippen MR) is 97.4 cm³/mol. The van der Waals surface area contributed by atoms with Crippen LogP contribution in [0.15, 0.2) is 47.2 Å². The summed E-state index contributed by atoms with van der Waals surface area (Å²) in [6.07, 6.45) is 4.52. The maximum absolute atomic E-state index is 12.1. The molecule has 1 aliphatic rings. The van der Waals surface area contributed by atoms with Crippen LogP contribution in [-0.4, -0.2) is 26.9 Å². The third-order valence-corrected chi connectivity index (χ3v) is 4.18. The first-order valence-electron chi connectivity index (χ1n) is 8.72. The van der Waals surface area contributed by atoms with E-state index in [0.29, 0.717) is 25.1 Å². The van der Waals surface area contributed by atoms with E-state index < -0.39 is 5.91 Å². The van der Waals surface area contributed by atoms with Gasteiger partial charge in [-0.3, -0.25) is 14.6 Å². The lowest BCUT2D eigenvalue weighted by atomic mass is 10.0. The van der Waals surface area contributed by atoms with E-state index in [1.165, 1.54) is 0 Å².